The maximum absolute atomic E-state index is 9.19. The zero-order valence-corrected chi connectivity index (χ0v) is 12.8. The molecule has 0 unspecified atom stereocenters. The monoisotopic (exact) mass is 267 g/mol. The molecule has 0 aromatic rings. The fourth-order valence-corrected chi connectivity index (χ4v) is 4.04. The number of fused-ring (bicyclic) bond motifs is 1. The minimum atomic E-state index is -0.502. The molecule has 0 aromatic heterocycles. The van der Waals surface area contributed by atoms with Crippen LogP contribution in [0.4, 0.5) is 0 Å². The second kappa shape index (κ2) is 5.19. The van der Waals surface area contributed by atoms with Crippen molar-refractivity contribution in [1.29, 1.82) is 0 Å². The highest BCUT2D eigenvalue weighted by Crippen LogP contribution is 2.48. The summed E-state index contributed by atoms with van der Waals surface area (Å²) >= 11 is 0. The van der Waals surface area contributed by atoms with Crippen LogP contribution in [0.1, 0.15) is 53.4 Å². The lowest BCUT2D eigenvalue weighted by molar-refractivity contribution is -0.683. The third-order valence-electron chi connectivity index (χ3n) is 5.50. The SMILES string of the molecule is [CH2-][NH2+][C@]1(C)CC[C@H](C(C)C)C2=C[C@@](C)(OO)CC[C@@H]21. The predicted molar refractivity (Wildman–Crippen MR) is 76.2 cm³/mol. The first kappa shape index (κ1) is 15.0. The van der Waals surface area contributed by atoms with Gasteiger partial charge in [0.1, 0.15) is 5.60 Å². The van der Waals surface area contributed by atoms with Gasteiger partial charge in [0.05, 0.1) is 5.54 Å². The van der Waals surface area contributed by atoms with E-state index in [1.54, 1.807) is 0 Å². The van der Waals surface area contributed by atoms with Crippen molar-refractivity contribution in [2.45, 2.75) is 64.5 Å². The lowest BCUT2D eigenvalue weighted by Crippen LogP contribution is -2.93. The van der Waals surface area contributed by atoms with Gasteiger partial charge in [-0.1, -0.05) is 19.4 Å². The second-order valence-corrected chi connectivity index (χ2v) is 7.24. The Morgan fingerprint density at radius 3 is 2.58 bits per heavy atom. The summed E-state index contributed by atoms with van der Waals surface area (Å²) in [7, 11) is 4.07. The average Bonchev–Trinajstić information content (AvgIpc) is 2.38. The van der Waals surface area contributed by atoms with Gasteiger partial charge in [-0.15, -0.1) is 0 Å². The van der Waals surface area contributed by atoms with Gasteiger partial charge in [-0.25, -0.2) is 4.89 Å². The summed E-state index contributed by atoms with van der Waals surface area (Å²) in [5, 5.41) is 11.3. The lowest BCUT2D eigenvalue weighted by Gasteiger charge is -2.50. The van der Waals surface area contributed by atoms with E-state index in [0.29, 0.717) is 17.8 Å². The predicted octanol–water partition coefficient (Wildman–Crippen LogP) is 2.75. The Labute approximate surface area is 117 Å². The van der Waals surface area contributed by atoms with Crippen molar-refractivity contribution in [2.24, 2.45) is 17.8 Å². The molecule has 0 heterocycles. The highest BCUT2D eigenvalue weighted by Gasteiger charge is 2.48. The Bertz CT molecular complexity index is 366. The minimum Gasteiger partial charge on any atom is -0.474 e. The molecule has 0 amide bonds. The normalized spacial score (nSPS) is 43.0. The van der Waals surface area contributed by atoms with Crippen molar-refractivity contribution >= 4 is 0 Å². The van der Waals surface area contributed by atoms with Gasteiger partial charge in [0.15, 0.2) is 0 Å². The van der Waals surface area contributed by atoms with E-state index < -0.39 is 5.60 Å². The average molecular weight is 267 g/mol. The van der Waals surface area contributed by atoms with E-state index in [2.05, 4.69) is 39.2 Å². The highest BCUT2D eigenvalue weighted by atomic mass is 17.1. The summed E-state index contributed by atoms with van der Waals surface area (Å²) in [5.74, 6) is 1.83. The Balaban J connectivity index is 2.39. The van der Waals surface area contributed by atoms with Crippen LogP contribution in [0.15, 0.2) is 11.6 Å². The van der Waals surface area contributed by atoms with Crippen LogP contribution in [-0.2, 0) is 4.89 Å². The first-order valence-electron chi connectivity index (χ1n) is 7.54. The van der Waals surface area contributed by atoms with Gasteiger partial charge in [0.25, 0.3) is 0 Å². The van der Waals surface area contributed by atoms with Gasteiger partial charge in [0, 0.05) is 12.3 Å². The van der Waals surface area contributed by atoms with E-state index in [4.69, 9.17) is 4.89 Å². The number of nitrogens with two attached hydrogens (primary N) is 1. The summed E-state index contributed by atoms with van der Waals surface area (Å²) in [6, 6.07) is 0. The second-order valence-electron chi connectivity index (χ2n) is 7.24. The molecular weight excluding hydrogens is 238 g/mol. The molecule has 4 atom stereocenters. The molecule has 110 valence electrons. The summed E-state index contributed by atoms with van der Waals surface area (Å²) in [6.07, 6.45) is 6.59. The van der Waals surface area contributed by atoms with Crippen molar-refractivity contribution in [1.82, 2.24) is 0 Å². The standard InChI is InChI=1S/C16H29NO2/c1-11(2)12-6-9-16(4,17-5)14-7-8-15(3,19-18)10-13(12)14/h10-12,14,18H,5-9,17H2,1-4H3/t12-,14+,15+,16-/m1/s1. The molecular formula is C16H29NO2. The number of quaternary nitrogens is 1. The van der Waals surface area contributed by atoms with E-state index in [1.807, 2.05) is 6.92 Å². The van der Waals surface area contributed by atoms with Gasteiger partial charge in [-0.3, -0.25) is 5.26 Å². The van der Waals surface area contributed by atoms with Crippen LogP contribution in [0.25, 0.3) is 0 Å². The van der Waals surface area contributed by atoms with Crippen molar-refractivity contribution < 1.29 is 15.5 Å². The van der Waals surface area contributed by atoms with E-state index in [-0.39, 0.29) is 5.54 Å². The largest absolute Gasteiger partial charge is 0.474 e. The topological polar surface area (TPSA) is 46.1 Å². The molecule has 0 aliphatic heterocycles. The number of rotatable bonds is 3. The molecule has 3 N–H and O–H groups in total. The molecule has 2 aliphatic carbocycles. The third-order valence-corrected chi connectivity index (χ3v) is 5.50. The third kappa shape index (κ3) is 2.61. The zero-order valence-electron chi connectivity index (χ0n) is 12.8. The lowest BCUT2D eigenvalue weighted by atomic mass is 9.59. The van der Waals surface area contributed by atoms with Crippen LogP contribution < -0.4 is 5.32 Å². The Hall–Kier alpha value is -0.380. The summed E-state index contributed by atoms with van der Waals surface area (Å²) in [6.45, 7) is 8.90. The molecule has 2 rings (SSSR count). The van der Waals surface area contributed by atoms with E-state index in [0.717, 1.165) is 12.8 Å². The number of hydrogen-bond donors (Lipinski definition) is 2. The Kier molecular flexibility index (Phi) is 4.10. The summed E-state index contributed by atoms with van der Waals surface area (Å²) < 4.78 is 0. The molecule has 0 radical (unpaired) electrons. The van der Waals surface area contributed by atoms with Crippen molar-refractivity contribution in [2.75, 3.05) is 0 Å². The van der Waals surface area contributed by atoms with Crippen LogP contribution in [0.3, 0.4) is 0 Å². The molecule has 3 heteroatoms. The van der Waals surface area contributed by atoms with Crippen LogP contribution in [-0.4, -0.2) is 16.4 Å². The summed E-state index contributed by atoms with van der Waals surface area (Å²) in [5.41, 5.74) is 1.19. The quantitative estimate of drug-likeness (QED) is 0.357. The van der Waals surface area contributed by atoms with Gasteiger partial charge in [-0.2, -0.15) is 7.05 Å². The highest BCUT2D eigenvalue weighted by molar-refractivity contribution is 5.26. The molecule has 2 aliphatic rings. The first-order valence-corrected chi connectivity index (χ1v) is 7.54. The molecule has 1 fully saturated rings. The molecule has 0 aromatic carbocycles. The molecule has 3 nitrogen and oxygen atoms in total. The fraction of sp³-hybridized carbons (Fsp3) is 0.812. The molecule has 19 heavy (non-hydrogen) atoms. The Morgan fingerprint density at radius 1 is 1.37 bits per heavy atom. The molecule has 0 spiro atoms. The van der Waals surface area contributed by atoms with Crippen molar-refractivity contribution in [3.05, 3.63) is 18.7 Å². The fourth-order valence-electron chi connectivity index (χ4n) is 4.04. The van der Waals surface area contributed by atoms with E-state index >= 15 is 0 Å². The summed E-state index contributed by atoms with van der Waals surface area (Å²) in [4.78, 5) is 4.76. The first-order chi connectivity index (χ1) is 8.85. The maximum atomic E-state index is 9.19. The van der Waals surface area contributed by atoms with Gasteiger partial charge in [0.2, 0.25) is 0 Å². The molecule has 1 saturated carbocycles. The smallest absolute Gasteiger partial charge is 0.119 e. The van der Waals surface area contributed by atoms with Gasteiger partial charge in [-0.05, 0) is 51.0 Å². The van der Waals surface area contributed by atoms with Gasteiger partial charge >= 0.3 is 0 Å². The molecule has 0 saturated heterocycles. The zero-order chi connectivity index (χ0) is 14.3. The van der Waals surface area contributed by atoms with Crippen LogP contribution in [0, 0.1) is 24.8 Å². The van der Waals surface area contributed by atoms with E-state index in [1.165, 1.54) is 18.4 Å². The van der Waals surface area contributed by atoms with Crippen LogP contribution in [0.5, 0.6) is 0 Å². The number of hydrogen-bond acceptors (Lipinski definition) is 2. The maximum Gasteiger partial charge on any atom is 0.119 e. The van der Waals surface area contributed by atoms with Crippen LogP contribution >= 0.6 is 0 Å². The van der Waals surface area contributed by atoms with E-state index in [9.17, 15) is 5.26 Å². The minimum absolute atomic E-state index is 0.202. The van der Waals surface area contributed by atoms with Crippen molar-refractivity contribution in [3.8, 4) is 0 Å². The molecule has 0 bridgehead atoms. The Morgan fingerprint density at radius 2 is 2.05 bits per heavy atom. The van der Waals surface area contributed by atoms with Crippen molar-refractivity contribution in [3.63, 3.8) is 0 Å². The van der Waals surface area contributed by atoms with Crippen LogP contribution in [0.2, 0.25) is 0 Å². The van der Waals surface area contributed by atoms with Gasteiger partial charge < -0.3 is 5.32 Å².